The van der Waals surface area contributed by atoms with Crippen LogP contribution in [0, 0.1) is 29.6 Å². The normalized spacial score (nSPS) is 39.4. The van der Waals surface area contributed by atoms with E-state index in [1.807, 2.05) is 40.7 Å². The van der Waals surface area contributed by atoms with Gasteiger partial charge in [0.15, 0.2) is 0 Å². The van der Waals surface area contributed by atoms with Gasteiger partial charge in [-0.15, -0.1) is 0 Å². The number of esters is 1. The molecule has 1 aliphatic carbocycles. The number of halogens is 1. The first-order valence-electron chi connectivity index (χ1n) is 22.0. The molecule has 59 heavy (non-hydrogen) atoms. The van der Waals surface area contributed by atoms with Gasteiger partial charge in [0.1, 0.15) is 36.3 Å². The van der Waals surface area contributed by atoms with Crippen LogP contribution in [0.15, 0.2) is 35.1 Å². The summed E-state index contributed by atoms with van der Waals surface area (Å²) < 4.78 is 46.6. The minimum atomic E-state index is -2.56. The molecule has 12 nitrogen and oxygen atoms in total. The van der Waals surface area contributed by atoms with E-state index in [1.54, 1.807) is 26.8 Å². The van der Waals surface area contributed by atoms with E-state index in [0.29, 0.717) is 37.7 Å². The van der Waals surface area contributed by atoms with Crippen molar-refractivity contribution in [3.8, 4) is 0 Å². The highest BCUT2D eigenvalue weighted by Crippen LogP contribution is 2.39. The topological polar surface area (TPSA) is 164 Å². The lowest BCUT2D eigenvalue weighted by molar-refractivity contribution is -0.302. The van der Waals surface area contributed by atoms with Gasteiger partial charge in [0.05, 0.1) is 18.0 Å². The summed E-state index contributed by atoms with van der Waals surface area (Å²) >= 11 is 0. The van der Waals surface area contributed by atoms with E-state index in [4.69, 9.17) is 29.4 Å². The van der Waals surface area contributed by atoms with Crippen LogP contribution >= 0.6 is 0 Å². The van der Waals surface area contributed by atoms with E-state index >= 15 is 4.39 Å². The molecule has 1 saturated carbocycles. The van der Waals surface area contributed by atoms with E-state index in [-0.39, 0.29) is 62.0 Å². The first kappa shape index (κ1) is 48.7. The van der Waals surface area contributed by atoms with Crippen molar-refractivity contribution in [2.75, 3.05) is 20.8 Å². The number of nitrogens with two attached hydrogens (primary N) is 1. The third-order valence-corrected chi connectivity index (χ3v) is 13.5. The SMILES string of the molecule is CC=C(C)OC1CC(C=C(C)C2OC(=O)C3CCCCN3C(=O)C(=O)C3(O)OC(C(OC)CC(C)C(F)C(C)=CC(CC)C(=O)CCC2C)C(OC)CC3C)CCC1N. The van der Waals surface area contributed by atoms with Crippen molar-refractivity contribution < 1.29 is 52.4 Å². The van der Waals surface area contributed by atoms with Crippen LogP contribution in [0.4, 0.5) is 4.39 Å². The van der Waals surface area contributed by atoms with Gasteiger partial charge in [-0.3, -0.25) is 14.4 Å². The fraction of sp³-hybridized carbons (Fsp3) is 0.783. The maximum atomic E-state index is 16.2. The van der Waals surface area contributed by atoms with Crippen molar-refractivity contribution in [1.82, 2.24) is 4.90 Å². The Balaban J connectivity index is 1.75. The number of methoxy groups -OCH3 is 2. The van der Waals surface area contributed by atoms with Crippen LogP contribution in [-0.2, 0) is 42.9 Å². The zero-order valence-electron chi connectivity index (χ0n) is 37.2. The number of hydrogen-bond acceptors (Lipinski definition) is 11. The molecule has 3 heterocycles. The number of hydrogen-bond donors (Lipinski definition) is 2. The number of allylic oxidation sites excluding steroid dienone is 5. The molecule has 4 rings (SSSR count). The van der Waals surface area contributed by atoms with Crippen LogP contribution in [0.3, 0.4) is 0 Å². The number of nitrogens with zero attached hydrogens (tertiary/aromatic N) is 1. The van der Waals surface area contributed by atoms with Crippen molar-refractivity contribution in [1.29, 1.82) is 0 Å². The predicted octanol–water partition coefficient (Wildman–Crippen LogP) is 6.71. The summed E-state index contributed by atoms with van der Waals surface area (Å²) in [4.78, 5) is 57.9. The second-order valence-electron chi connectivity index (χ2n) is 17.9. The van der Waals surface area contributed by atoms with E-state index in [1.165, 1.54) is 19.1 Å². The molecule has 0 aromatic carbocycles. The summed E-state index contributed by atoms with van der Waals surface area (Å²) in [6.07, 6.45) is 5.97. The van der Waals surface area contributed by atoms with Gasteiger partial charge >= 0.3 is 5.97 Å². The number of ketones is 2. The number of carbonyl (C=O) groups excluding carboxylic acids is 4. The molecule has 2 bridgehead atoms. The number of ether oxygens (including phenoxy) is 5. The van der Waals surface area contributed by atoms with Crippen LogP contribution in [-0.4, -0.2) is 109 Å². The van der Waals surface area contributed by atoms with Crippen molar-refractivity contribution >= 4 is 23.4 Å². The molecule has 14 atom stereocenters. The highest BCUT2D eigenvalue weighted by molar-refractivity contribution is 6.39. The van der Waals surface area contributed by atoms with E-state index in [9.17, 15) is 24.3 Å². The fourth-order valence-electron chi connectivity index (χ4n) is 9.53. The molecule has 1 amide bonds. The van der Waals surface area contributed by atoms with Gasteiger partial charge in [-0.2, -0.15) is 0 Å². The first-order valence-corrected chi connectivity index (χ1v) is 22.0. The van der Waals surface area contributed by atoms with Gasteiger partial charge < -0.3 is 39.4 Å². The van der Waals surface area contributed by atoms with Gasteiger partial charge in [-0.05, 0) is 127 Å². The van der Waals surface area contributed by atoms with Gasteiger partial charge in [0, 0.05) is 45.1 Å². The largest absolute Gasteiger partial charge is 0.494 e. The molecule has 0 aromatic heterocycles. The maximum absolute atomic E-state index is 16.2. The van der Waals surface area contributed by atoms with E-state index in [0.717, 1.165) is 24.2 Å². The zero-order chi connectivity index (χ0) is 43.8. The third kappa shape index (κ3) is 11.7. The van der Waals surface area contributed by atoms with Gasteiger partial charge in [-0.25, -0.2) is 9.18 Å². The number of amides is 1. The molecule has 0 spiro atoms. The van der Waals surface area contributed by atoms with Crippen LogP contribution in [0.25, 0.3) is 0 Å². The molecule has 4 aliphatic rings. The van der Waals surface area contributed by atoms with E-state index < -0.39 is 77.8 Å². The molecule has 334 valence electrons. The number of Topliss-reactive ketones (excluding diaryl/α,β-unsaturated/α-hetero) is 2. The van der Waals surface area contributed by atoms with Crippen LogP contribution in [0.5, 0.6) is 0 Å². The fourth-order valence-corrected chi connectivity index (χ4v) is 9.53. The molecule has 3 fully saturated rings. The van der Waals surface area contributed by atoms with Crippen molar-refractivity contribution in [2.24, 2.45) is 35.3 Å². The number of aliphatic hydroxyl groups is 1. The van der Waals surface area contributed by atoms with Crippen molar-refractivity contribution in [2.45, 2.75) is 181 Å². The molecular formula is C46H73FN2O10. The molecular weight excluding hydrogens is 760 g/mol. The maximum Gasteiger partial charge on any atom is 0.329 e. The van der Waals surface area contributed by atoms with Crippen molar-refractivity contribution in [3.05, 3.63) is 35.1 Å². The zero-order valence-corrected chi connectivity index (χ0v) is 37.2. The summed E-state index contributed by atoms with van der Waals surface area (Å²) in [7, 11) is 2.93. The van der Waals surface area contributed by atoms with Crippen molar-refractivity contribution in [3.63, 3.8) is 0 Å². The quantitative estimate of drug-likeness (QED) is 0.121. The molecule has 3 N–H and O–H groups in total. The lowest BCUT2D eigenvalue weighted by Crippen LogP contribution is -2.64. The summed E-state index contributed by atoms with van der Waals surface area (Å²) in [6.45, 7) is 14.7. The van der Waals surface area contributed by atoms with Gasteiger partial charge in [0.25, 0.3) is 11.7 Å². The standard InChI is InChI=1S/C46H73FN2O10/c1-11-31(8)57-37-25-32(17-18-34(37)48)21-29(6)41-26(3)16-19-36(50)33(12-2)22-27(4)40(47)28(5)23-38(55-9)42-39(56-10)24-30(7)46(54,59-42)43(51)44(52)49-20-14-13-15-35(49)45(53)58-41/h11,21-22,26,28,30,32-35,37-42,54H,12-20,23-25,48H2,1-10H3. The highest BCUT2D eigenvalue weighted by Gasteiger charge is 2.56. The Bertz CT molecular complexity index is 1570. The Hall–Kier alpha value is -2.97. The highest BCUT2D eigenvalue weighted by atomic mass is 19.1. The molecule has 2 saturated heterocycles. The molecule has 0 radical (unpaired) electrons. The molecule has 3 aliphatic heterocycles. The summed E-state index contributed by atoms with van der Waals surface area (Å²) in [5.74, 6) is -6.87. The second-order valence-corrected chi connectivity index (χ2v) is 17.9. The number of piperidine rings is 1. The predicted molar refractivity (Wildman–Crippen MR) is 222 cm³/mol. The Kier molecular flexibility index (Phi) is 17.9. The van der Waals surface area contributed by atoms with Gasteiger partial charge in [0.2, 0.25) is 5.79 Å². The summed E-state index contributed by atoms with van der Waals surface area (Å²) in [5, 5.41) is 12.0. The van der Waals surface area contributed by atoms with Crippen LogP contribution in [0.2, 0.25) is 0 Å². The third-order valence-electron chi connectivity index (χ3n) is 13.5. The number of alkyl halides is 1. The number of rotatable bonds is 7. The Morgan fingerprint density at radius 1 is 0.983 bits per heavy atom. The smallest absolute Gasteiger partial charge is 0.329 e. The Labute approximate surface area is 351 Å². The molecule has 14 unspecified atom stereocenters. The monoisotopic (exact) mass is 833 g/mol. The number of fused-ring (bicyclic) bond motifs is 3. The Morgan fingerprint density at radius 2 is 1.66 bits per heavy atom. The van der Waals surface area contributed by atoms with E-state index in [2.05, 4.69) is 6.08 Å². The average Bonchev–Trinajstić information content (AvgIpc) is 3.23. The Morgan fingerprint density at radius 3 is 2.31 bits per heavy atom. The summed E-state index contributed by atoms with van der Waals surface area (Å²) in [6, 6.07) is -1.19. The lowest BCUT2D eigenvalue weighted by Gasteiger charge is -2.47. The number of cyclic esters (lactones) is 1. The number of carbonyl (C=O) groups is 4. The summed E-state index contributed by atoms with van der Waals surface area (Å²) in [5.41, 5.74) is 7.70. The molecule has 0 aromatic rings. The minimum Gasteiger partial charge on any atom is -0.494 e. The minimum absolute atomic E-state index is 0.0268. The molecule has 13 heteroatoms. The lowest BCUT2D eigenvalue weighted by atomic mass is 9.81. The average molecular weight is 833 g/mol. The second kappa shape index (κ2) is 21.7. The van der Waals surface area contributed by atoms with Gasteiger partial charge in [-0.1, -0.05) is 39.8 Å². The van der Waals surface area contributed by atoms with Crippen LogP contribution in [0.1, 0.15) is 126 Å². The first-order chi connectivity index (χ1) is 27.9. The van der Waals surface area contributed by atoms with Crippen LogP contribution < -0.4 is 5.73 Å².